The number of fused-ring (bicyclic) bond motifs is 5. The number of nitriles is 1. The molecule has 48 heavy (non-hydrogen) atoms. The van der Waals surface area contributed by atoms with Gasteiger partial charge in [-0.3, -0.25) is 0 Å². The van der Waals surface area contributed by atoms with Crippen LogP contribution in [0, 0.1) is 11.3 Å². The molecule has 3 heterocycles. The third-order valence-electron chi connectivity index (χ3n) is 9.11. The van der Waals surface area contributed by atoms with Gasteiger partial charge in [0.2, 0.25) is 0 Å². The van der Waals surface area contributed by atoms with Crippen molar-refractivity contribution in [2.24, 2.45) is 0 Å². The highest BCUT2D eigenvalue weighted by atomic mass is 32.2. The Hall–Kier alpha value is -6.03. The van der Waals surface area contributed by atoms with Crippen molar-refractivity contribution in [3.05, 3.63) is 168 Å². The molecule has 0 aliphatic carbocycles. The SMILES string of the molecule is N#Cc1cc(-c2nc(-c3ccccc3)nc(-c3ccc(-c4ccccc4)cc3)n2)ccc1N1c2ccccc2C2Sc3ccccc3C21. The number of hydrogen-bond acceptors (Lipinski definition) is 6. The fourth-order valence-electron chi connectivity index (χ4n) is 6.85. The molecule has 0 saturated heterocycles. The van der Waals surface area contributed by atoms with Crippen molar-refractivity contribution >= 4 is 23.1 Å². The van der Waals surface area contributed by atoms with Crippen molar-refractivity contribution in [2.45, 2.75) is 16.2 Å². The van der Waals surface area contributed by atoms with Gasteiger partial charge in [0.15, 0.2) is 17.5 Å². The van der Waals surface area contributed by atoms with Crippen LogP contribution in [0.4, 0.5) is 11.4 Å². The zero-order valence-corrected chi connectivity index (χ0v) is 26.5. The molecule has 6 aromatic carbocycles. The Bertz CT molecular complexity index is 2350. The highest BCUT2D eigenvalue weighted by Gasteiger charge is 2.46. The van der Waals surface area contributed by atoms with Crippen LogP contribution in [-0.4, -0.2) is 15.0 Å². The fraction of sp³-hybridized carbons (Fsp3) is 0.0476. The lowest BCUT2D eigenvalue weighted by Gasteiger charge is -2.28. The summed E-state index contributed by atoms with van der Waals surface area (Å²) in [7, 11) is 0. The van der Waals surface area contributed by atoms with E-state index in [2.05, 4.69) is 102 Å². The molecule has 0 radical (unpaired) electrons. The van der Waals surface area contributed by atoms with Crippen LogP contribution >= 0.6 is 11.8 Å². The molecule has 0 fully saturated rings. The number of thioether (sulfide) groups is 1. The van der Waals surface area contributed by atoms with Crippen LogP contribution in [0.1, 0.15) is 28.0 Å². The third-order valence-corrected chi connectivity index (χ3v) is 10.5. The average molecular weight is 634 g/mol. The van der Waals surface area contributed by atoms with Gasteiger partial charge in [0.05, 0.1) is 22.5 Å². The number of para-hydroxylation sites is 1. The molecule has 0 amide bonds. The Kier molecular flexibility index (Phi) is 6.84. The molecule has 2 atom stereocenters. The molecular formula is C42H27N5S. The molecule has 2 unspecified atom stereocenters. The van der Waals surface area contributed by atoms with E-state index in [-0.39, 0.29) is 11.3 Å². The highest BCUT2D eigenvalue weighted by molar-refractivity contribution is 8.00. The molecule has 0 N–H and O–H groups in total. The lowest BCUT2D eigenvalue weighted by molar-refractivity contribution is 0.736. The summed E-state index contributed by atoms with van der Waals surface area (Å²) in [5.74, 6) is 1.69. The molecule has 5 nitrogen and oxygen atoms in total. The molecule has 2 aliphatic rings. The Morgan fingerprint density at radius 2 is 1.02 bits per heavy atom. The maximum Gasteiger partial charge on any atom is 0.164 e. The predicted octanol–water partition coefficient (Wildman–Crippen LogP) is 10.5. The van der Waals surface area contributed by atoms with Gasteiger partial charge in [0.1, 0.15) is 6.07 Å². The maximum atomic E-state index is 10.6. The van der Waals surface area contributed by atoms with Crippen molar-refractivity contribution in [3.8, 4) is 51.4 Å². The standard InChI is InChI=1S/C42H27N5S/c43-26-32-25-31(23-24-35(32)47-36-17-9-7-15-33(36)39-38(47)34-16-8-10-18-37(34)48-39)42-45-40(29-13-5-2-6-14-29)44-41(46-42)30-21-19-28(20-22-30)27-11-3-1-4-12-27/h1-25,38-39H. The van der Waals surface area contributed by atoms with Crippen LogP contribution in [0.15, 0.2) is 157 Å². The van der Waals surface area contributed by atoms with Crippen LogP contribution in [0.3, 0.4) is 0 Å². The second kappa shape index (κ2) is 11.6. The molecule has 6 heteroatoms. The Morgan fingerprint density at radius 1 is 0.500 bits per heavy atom. The molecule has 0 spiro atoms. The van der Waals surface area contributed by atoms with E-state index in [1.807, 2.05) is 72.4 Å². The summed E-state index contributed by atoms with van der Waals surface area (Å²) in [5.41, 5.74) is 10.0. The monoisotopic (exact) mass is 633 g/mol. The summed E-state index contributed by atoms with van der Waals surface area (Å²) in [4.78, 5) is 18.5. The van der Waals surface area contributed by atoms with E-state index in [0.29, 0.717) is 23.0 Å². The van der Waals surface area contributed by atoms with E-state index >= 15 is 0 Å². The largest absolute Gasteiger partial charge is 0.331 e. The maximum absolute atomic E-state index is 10.6. The summed E-state index contributed by atoms with van der Waals surface area (Å²) < 4.78 is 0. The van der Waals surface area contributed by atoms with Gasteiger partial charge in [-0.05, 0) is 52.6 Å². The van der Waals surface area contributed by atoms with Crippen LogP contribution in [0.5, 0.6) is 0 Å². The molecule has 2 aliphatic heterocycles. The summed E-state index contributed by atoms with van der Waals surface area (Å²) in [6.07, 6.45) is 0. The number of benzene rings is 6. The van der Waals surface area contributed by atoms with Crippen LogP contribution < -0.4 is 4.90 Å². The minimum Gasteiger partial charge on any atom is -0.331 e. The smallest absolute Gasteiger partial charge is 0.164 e. The van der Waals surface area contributed by atoms with Crippen LogP contribution in [0.2, 0.25) is 0 Å². The molecule has 7 aromatic rings. The van der Waals surface area contributed by atoms with Gasteiger partial charge in [-0.1, -0.05) is 121 Å². The predicted molar refractivity (Wildman–Crippen MR) is 193 cm³/mol. The van der Waals surface area contributed by atoms with Gasteiger partial charge >= 0.3 is 0 Å². The molecule has 226 valence electrons. The minimum atomic E-state index is 0.105. The van der Waals surface area contributed by atoms with Gasteiger partial charge in [-0.15, -0.1) is 11.8 Å². The number of anilines is 2. The first kappa shape index (κ1) is 28.2. The van der Waals surface area contributed by atoms with E-state index < -0.39 is 0 Å². The Labute approximate surface area is 283 Å². The van der Waals surface area contributed by atoms with Gasteiger partial charge in [-0.25, -0.2) is 15.0 Å². The second-order valence-electron chi connectivity index (χ2n) is 11.9. The lowest BCUT2D eigenvalue weighted by Crippen LogP contribution is -2.20. The van der Waals surface area contributed by atoms with E-state index in [9.17, 15) is 5.26 Å². The lowest BCUT2D eigenvalue weighted by atomic mass is 10.0. The molecule has 1 aromatic heterocycles. The number of rotatable bonds is 5. The summed E-state index contributed by atoms with van der Waals surface area (Å²) in [6.45, 7) is 0. The van der Waals surface area contributed by atoms with Gasteiger partial charge < -0.3 is 4.90 Å². The molecule has 9 rings (SSSR count). The topological polar surface area (TPSA) is 65.7 Å². The van der Waals surface area contributed by atoms with Gasteiger partial charge in [0.25, 0.3) is 0 Å². The van der Waals surface area contributed by atoms with E-state index in [1.54, 1.807) is 0 Å². The van der Waals surface area contributed by atoms with E-state index in [4.69, 9.17) is 15.0 Å². The summed E-state index contributed by atoms with van der Waals surface area (Å²) in [5, 5.41) is 10.8. The zero-order chi connectivity index (χ0) is 32.0. The Balaban J connectivity index is 1.15. The Morgan fingerprint density at radius 3 is 1.73 bits per heavy atom. The minimum absolute atomic E-state index is 0.105. The van der Waals surface area contributed by atoms with Crippen molar-refractivity contribution in [3.63, 3.8) is 0 Å². The first-order valence-corrected chi connectivity index (χ1v) is 16.8. The normalized spacial score (nSPS) is 15.8. The average Bonchev–Trinajstić information content (AvgIpc) is 3.70. The summed E-state index contributed by atoms with van der Waals surface area (Å²) in [6, 6.07) is 54.4. The van der Waals surface area contributed by atoms with Gasteiger partial charge in [-0.2, -0.15) is 5.26 Å². The van der Waals surface area contributed by atoms with Crippen molar-refractivity contribution in [1.29, 1.82) is 5.26 Å². The van der Waals surface area contributed by atoms with Crippen molar-refractivity contribution in [1.82, 2.24) is 15.0 Å². The van der Waals surface area contributed by atoms with Crippen molar-refractivity contribution in [2.75, 3.05) is 4.90 Å². The highest BCUT2D eigenvalue weighted by Crippen LogP contribution is 2.64. The number of hydrogen-bond donors (Lipinski definition) is 0. The summed E-state index contributed by atoms with van der Waals surface area (Å²) >= 11 is 1.91. The molecular weight excluding hydrogens is 607 g/mol. The van der Waals surface area contributed by atoms with E-state index in [1.165, 1.54) is 16.0 Å². The number of nitrogens with zero attached hydrogens (tertiary/aromatic N) is 5. The van der Waals surface area contributed by atoms with Gasteiger partial charge in [0, 0.05) is 27.3 Å². The zero-order valence-electron chi connectivity index (χ0n) is 25.7. The van der Waals surface area contributed by atoms with Crippen LogP contribution in [-0.2, 0) is 0 Å². The number of aromatic nitrogens is 3. The fourth-order valence-corrected chi connectivity index (χ4v) is 8.33. The molecule has 0 saturated carbocycles. The quantitative estimate of drug-likeness (QED) is 0.188. The van der Waals surface area contributed by atoms with E-state index in [0.717, 1.165) is 39.2 Å². The van der Waals surface area contributed by atoms with Crippen LogP contribution in [0.25, 0.3) is 45.3 Å². The third kappa shape index (κ3) is 4.76. The first-order chi connectivity index (χ1) is 23.7. The van der Waals surface area contributed by atoms with Crippen molar-refractivity contribution < 1.29 is 0 Å². The second-order valence-corrected chi connectivity index (χ2v) is 13.1. The molecule has 0 bridgehead atoms. The first-order valence-electron chi connectivity index (χ1n) is 15.9.